The summed E-state index contributed by atoms with van der Waals surface area (Å²) >= 11 is 7.16. The van der Waals surface area contributed by atoms with Crippen molar-refractivity contribution < 1.29 is 9.47 Å². The smallest absolute Gasteiger partial charge is 0.151 e. The summed E-state index contributed by atoms with van der Waals surface area (Å²) in [5.41, 5.74) is 0.862. The maximum atomic E-state index is 5.71. The lowest BCUT2D eigenvalue weighted by Crippen LogP contribution is -1.90. The molecule has 0 amide bonds. The van der Waals surface area contributed by atoms with Crippen molar-refractivity contribution in [3.8, 4) is 22.1 Å². The summed E-state index contributed by atoms with van der Waals surface area (Å²) in [4.78, 5) is 0. The number of hydrogen-bond acceptors (Lipinski definition) is 5. The van der Waals surface area contributed by atoms with Gasteiger partial charge in [-0.1, -0.05) is 11.3 Å². The van der Waals surface area contributed by atoms with Crippen LogP contribution in [0.4, 0.5) is 0 Å². The fourth-order valence-corrected chi connectivity index (χ4v) is 2.33. The minimum Gasteiger partial charge on any atom is -0.497 e. The summed E-state index contributed by atoms with van der Waals surface area (Å²) in [5, 5.41) is 9.63. The molecule has 2 rings (SSSR count). The first-order valence-electron chi connectivity index (χ1n) is 4.89. The Balaban J connectivity index is 2.47. The van der Waals surface area contributed by atoms with Crippen molar-refractivity contribution in [2.45, 2.75) is 5.88 Å². The van der Waals surface area contributed by atoms with Crippen LogP contribution in [0, 0.1) is 0 Å². The Morgan fingerprint density at radius 3 is 2.65 bits per heavy atom. The lowest BCUT2D eigenvalue weighted by atomic mass is 10.2. The van der Waals surface area contributed by atoms with Crippen LogP contribution < -0.4 is 9.47 Å². The van der Waals surface area contributed by atoms with Crippen LogP contribution in [-0.4, -0.2) is 24.4 Å². The summed E-state index contributed by atoms with van der Waals surface area (Å²) in [5.74, 6) is 1.86. The van der Waals surface area contributed by atoms with Gasteiger partial charge in [-0.3, -0.25) is 0 Å². The second kappa shape index (κ2) is 5.33. The number of nitrogens with zero attached hydrogens (tertiary/aromatic N) is 2. The lowest BCUT2D eigenvalue weighted by Gasteiger charge is -2.07. The molecule has 90 valence electrons. The summed E-state index contributed by atoms with van der Waals surface area (Å²) < 4.78 is 10.5. The Morgan fingerprint density at radius 2 is 2.06 bits per heavy atom. The van der Waals surface area contributed by atoms with Crippen LogP contribution >= 0.6 is 22.9 Å². The molecule has 17 heavy (non-hydrogen) atoms. The van der Waals surface area contributed by atoms with Crippen molar-refractivity contribution in [3.05, 3.63) is 23.2 Å². The van der Waals surface area contributed by atoms with Gasteiger partial charge in [0.25, 0.3) is 0 Å². The molecule has 0 radical (unpaired) electrons. The van der Waals surface area contributed by atoms with E-state index >= 15 is 0 Å². The maximum Gasteiger partial charge on any atom is 0.151 e. The van der Waals surface area contributed by atoms with Crippen molar-refractivity contribution in [2.75, 3.05) is 14.2 Å². The number of benzene rings is 1. The number of hydrogen-bond donors (Lipinski definition) is 0. The van der Waals surface area contributed by atoms with Crippen LogP contribution in [0.1, 0.15) is 5.01 Å². The number of ether oxygens (including phenoxy) is 2. The highest BCUT2D eigenvalue weighted by molar-refractivity contribution is 7.14. The van der Waals surface area contributed by atoms with E-state index in [0.29, 0.717) is 5.88 Å². The van der Waals surface area contributed by atoms with Crippen molar-refractivity contribution in [3.63, 3.8) is 0 Å². The topological polar surface area (TPSA) is 44.2 Å². The summed E-state index contributed by atoms with van der Waals surface area (Å²) in [6.07, 6.45) is 0. The van der Waals surface area contributed by atoms with Gasteiger partial charge in [-0.25, -0.2) is 0 Å². The Morgan fingerprint density at radius 1 is 1.24 bits per heavy atom. The van der Waals surface area contributed by atoms with Crippen LogP contribution in [0.3, 0.4) is 0 Å². The van der Waals surface area contributed by atoms with E-state index in [9.17, 15) is 0 Å². The molecule has 1 aromatic heterocycles. The molecule has 0 aliphatic carbocycles. The zero-order valence-electron chi connectivity index (χ0n) is 9.44. The normalized spacial score (nSPS) is 10.3. The van der Waals surface area contributed by atoms with Gasteiger partial charge in [0.15, 0.2) is 5.01 Å². The molecule has 0 saturated carbocycles. The number of rotatable bonds is 4. The van der Waals surface area contributed by atoms with Gasteiger partial charge >= 0.3 is 0 Å². The molecule has 1 aromatic carbocycles. The van der Waals surface area contributed by atoms with Crippen LogP contribution in [0.2, 0.25) is 0 Å². The van der Waals surface area contributed by atoms with Crippen molar-refractivity contribution in [1.29, 1.82) is 0 Å². The van der Waals surface area contributed by atoms with Crippen molar-refractivity contribution in [1.82, 2.24) is 10.2 Å². The largest absolute Gasteiger partial charge is 0.497 e. The molecule has 0 aliphatic heterocycles. The number of methoxy groups -OCH3 is 2. The van der Waals surface area contributed by atoms with E-state index < -0.39 is 0 Å². The quantitative estimate of drug-likeness (QED) is 0.801. The third kappa shape index (κ3) is 2.50. The standard InChI is InChI=1S/C11H11ClN2O2S/c1-15-7-3-4-9(16-2)8(5-7)11-14-13-10(6-12)17-11/h3-5H,6H2,1-2H3. The molecule has 0 aliphatic rings. The van der Waals surface area contributed by atoms with E-state index in [2.05, 4.69) is 10.2 Å². The van der Waals surface area contributed by atoms with Gasteiger partial charge in [-0.05, 0) is 18.2 Å². The lowest BCUT2D eigenvalue weighted by molar-refractivity contribution is 0.404. The van der Waals surface area contributed by atoms with E-state index in [-0.39, 0.29) is 0 Å². The molecular weight excluding hydrogens is 260 g/mol. The molecule has 6 heteroatoms. The third-order valence-electron chi connectivity index (χ3n) is 2.22. The number of halogens is 1. The third-order valence-corrected chi connectivity index (χ3v) is 3.59. The van der Waals surface area contributed by atoms with Gasteiger partial charge in [0.05, 0.1) is 25.7 Å². The van der Waals surface area contributed by atoms with Crippen LogP contribution in [0.15, 0.2) is 18.2 Å². The fourth-order valence-electron chi connectivity index (χ4n) is 1.40. The van der Waals surface area contributed by atoms with Crippen LogP contribution in [0.5, 0.6) is 11.5 Å². The molecular formula is C11H11ClN2O2S. The van der Waals surface area contributed by atoms with Gasteiger partial charge in [0, 0.05) is 0 Å². The summed E-state index contributed by atoms with van der Waals surface area (Å²) in [6, 6.07) is 5.55. The Hall–Kier alpha value is -1.33. The highest BCUT2D eigenvalue weighted by Crippen LogP contribution is 2.35. The predicted octanol–water partition coefficient (Wildman–Crippen LogP) is 2.96. The second-order valence-electron chi connectivity index (χ2n) is 3.20. The van der Waals surface area contributed by atoms with Crippen molar-refractivity contribution >= 4 is 22.9 Å². The molecule has 0 N–H and O–H groups in total. The molecule has 0 unspecified atom stereocenters. The first kappa shape index (κ1) is 12.1. The monoisotopic (exact) mass is 270 g/mol. The highest BCUT2D eigenvalue weighted by Gasteiger charge is 2.12. The summed E-state index contributed by atoms with van der Waals surface area (Å²) in [6.45, 7) is 0. The van der Waals surface area contributed by atoms with Gasteiger partial charge in [-0.15, -0.1) is 21.8 Å². The van der Waals surface area contributed by atoms with Crippen LogP contribution in [0.25, 0.3) is 10.6 Å². The molecule has 0 bridgehead atoms. The van der Waals surface area contributed by atoms with Crippen molar-refractivity contribution in [2.24, 2.45) is 0 Å². The highest BCUT2D eigenvalue weighted by atomic mass is 35.5. The Kier molecular flexibility index (Phi) is 3.81. The number of alkyl halides is 1. The maximum absolute atomic E-state index is 5.71. The van der Waals surface area contributed by atoms with E-state index in [1.165, 1.54) is 11.3 Å². The summed E-state index contributed by atoms with van der Waals surface area (Å²) in [7, 11) is 3.24. The van der Waals surface area contributed by atoms with E-state index in [1.807, 2.05) is 18.2 Å². The van der Waals surface area contributed by atoms with Gasteiger partial charge in [0.2, 0.25) is 0 Å². The van der Waals surface area contributed by atoms with Gasteiger partial charge in [0.1, 0.15) is 16.5 Å². The molecule has 4 nitrogen and oxygen atoms in total. The second-order valence-corrected chi connectivity index (χ2v) is 4.53. The Labute approximate surface area is 108 Å². The van der Waals surface area contributed by atoms with E-state index in [4.69, 9.17) is 21.1 Å². The van der Waals surface area contributed by atoms with E-state index in [1.54, 1.807) is 14.2 Å². The minimum absolute atomic E-state index is 0.365. The van der Waals surface area contributed by atoms with Gasteiger partial charge in [-0.2, -0.15) is 0 Å². The molecule has 0 saturated heterocycles. The van der Waals surface area contributed by atoms with Crippen LogP contribution in [-0.2, 0) is 5.88 Å². The van der Waals surface area contributed by atoms with E-state index in [0.717, 1.165) is 27.1 Å². The fraction of sp³-hybridized carbons (Fsp3) is 0.273. The first-order valence-corrected chi connectivity index (χ1v) is 6.24. The zero-order chi connectivity index (χ0) is 12.3. The molecule has 0 spiro atoms. The Bertz CT molecular complexity index is 516. The average molecular weight is 271 g/mol. The van der Waals surface area contributed by atoms with Gasteiger partial charge < -0.3 is 9.47 Å². The molecule has 2 aromatic rings. The first-order chi connectivity index (χ1) is 8.28. The molecule has 1 heterocycles. The minimum atomic E-state index is 0.365. The predicted molar refractivity (Wildman–Crippen MR) is 68.0 cm³/mol. The average Bonchev–Trinajstić information content (AvgIpc) is 2.86. The molecule has 0 fully saturated rings. The zero-order valence-corrected chi connectivity index (χ0v) is 11.0. The number of aromatic nitrogens is 2. The SMILES string of the molecule is COc1ccc(OC)c(-c2nnc(CCl)s2)c1. The molecule has 0 atom stereocenters.